The van der Waals surface area contributed by atoms with Gasteiger partial charge in [-0.05, 0) is 17.9 Å². The third-order valence-corrected chi connectivity index (χ3v) is 4.03. The van der Waals surface area contributed by atoms with E-state index >= 15 is 0 Å². The Hall–Kier alpha value is -2.21. The lowest BCUT2D eigenvalue weighted by Crippen LogP contribution is -2.25. The Kier molecular flexibility index (Phi) is 5.02. The van der Waals surface area contributed by atoms with Crippen molar-refractivity contribution in [1.29, 1.82) is 0 Å². The van der Waals surface area contributed by atoms with E-state index in [1.165, 1.54) is 5.56 Å². The molecule has 1 saturated heterocycles. The number of carbonyl (C=O) groups excluding carboxylic acids is 1. The van der Waals surface area contributed by atoms with Gasteiger partial charge in [-0.2, -0.15) is 4.98 Å². The lowest BCUT2D eigenvalue weighted by molar-refractivity contribution is -0.128. The first kappa shape index (κ1) is 15.7. The predicted molar refractivity (Wildman–Crippen MR) is 83.5 cm³/mol. The van der Waals surface area contributed by atoms with Gasteiger partial charge in [-0.15, -0.1) is 0 Å². The minimum Gasteiger partial charge on any atom is -0.384 e. The molecule has 2 aromatic rings. The van der Waals surface area contributed by atoms with Gasteiger partial charge in [-0.3, -0.25) is 4.79 Å². The van der Waals surface area contributed by atoms with Crippen LogP contribution in [0, 0.1) is 5.92 Å². The summed E-state index contributed by atoms with van der Waals surface area (Å²) < 4.78 is 10.2. The predicted octanol–water partition coefficient (Wildman–Crippen LogP) is 1.85. The molecule has 1 atom stereocenters. The van der Waals surface area contributed by atoms with Crippen molar-refractivity contribution >= 4 is 5.91 Å². The molecule has 1 amide bonds. The van der Waals surface area contributed by atoms with Crippen molar-refractivity contribution in [3.63, 3.8) is 0 Å². The van der Waals surface area contributed by atoms with Crippen LogP contribution in [0.2, 0.25) is 0 Å². The maximum absolute atomic E-state index is 12.2. The maximum Gasteiger partial charge on any atom is 0.246 e. The van der Waals surface area contributed by atoms with E-state index in [1.807, 2.05) is 18.2 Å². The quantitative estimate of drug-likeness (QED) is 0.780. The van der Waals surface area contributed by atoms with Gasteiger partial charge in [0.15, 0.2) is 5.82 Å². The van der Waals surface area contributed by atoms with Gasteiger partial charge < -0.3 is 14.2 Å². The Morgan fingerprint density at radius 3 is 2.96 bits per heavy atom. The zero-order valence-electron chi connectivity index (χ0n) is 13.3. The number of amides is 1. The van der Waals surface area contributed by atoms with Crippen LogP contribution in [0.4, 0.5) is 0 Å². The molecule has 1 aromatic heterocycles. The zero-order valence-corrected chi connectivity index (χ0v) is 13.3. The molecule has 0 bridgehead atoms. The van der Waals surface area contributed by atoms with E-state index in [2.05, 4.69) is 22.3 Å². The van der Waals surface area contributed by atoms with Crippen LogP contribution < -0.4 is 0 Å². The lowest BCUT2D eigenvalue weighted by atomic mass is 9.99. The SMILES string of the molecule is COCCc1noc(CN2C[C@@H](Cc3ccccc3)CC2=O)n1. The maximum atomic E-state index is 12.2. The van der Waals surface area contributed by atoms with Gasteiger partial charge in [0.05, 0.1) is 13.2 Å². The van der Waals surface area contributed by atoms with Crippen molar-refractivity contribution in [3.05, 3.63) is 47.6 Å². The van der Waals surface area contributed by atoms with Crippen LogP contribution in [0.15, 0.2) is 34.9 Å². The number of aromatic nitrogens is 2. The fourth-order valence-corrected chi connectivity index (χ4v) is 2.90. The molecule has 0 unspecified atom stereocenters. The molecular weight excluding hydrogens is 294 g/mol. The molecule has 0 spiro atoms. The summed E-state index contributed by atoms with van der Waals surface area (Å²) >= 11 is 0. The Balaban J connectivity index is 1.54. The molecular formula is C17H21N3O3. The smallest absolute Gasteiger partial charge is 0.246 e. The number of likely N-dealkylation sites (tertiary alicyclic amines) is 1. The third kappa shape index (κ3) is 4.16. The molecule has 1 aliphatic rings. The van der Waals surface area contributed by atoms with Crippen LogP contribution in [-0.4, -0.2) is 41.2 Å². The highest BCUT2D eigenvalue weighted by molar-refractivity contribution is 5.78. The van der Waals surface area contributed by atoms with Gasteiger partial charge in [0.2, 0.25) is 11.8 Å². The average molecular weight is 315 g/mol. The van der Waals surface area contributed by atoms with E-state index in [1.54, 1.807) is 12.0 Å². The summed E-state index contributed by atoms with van der Waals surface area (Å²) in [6.45, 7) is 1.69. The second-order valence-electron chi connectivity index (χ2n) is 5.88. The molecule has 0 aliphatic carbocycles. The molecule has 2 heterocycles. The number of hydrogen-bond acceptors (Lipinski definition) is 5. The van der Waals surface area contributed by atoms with Gasteiger partial charge >= 0.3 is 0 Å². The molecule has 1 aromatic carbocycles. The molecule has 0 radical (unpaired) electrons. The van der Waals surface area contributed by atoms with Crippen LogP contribution in [0.1, 0.15) is 23.7 Å². The standard InChI is InChI=1S/C17H21N3O3/c1-22-8-7-15-18-16(23-19-15)12-20-11-14(10-17(20)21)9-13-5-3-2-4-6-13/h2-6,14H,7-12H2,1H3/t14-/m0/s1. The number of hydrogen-bond donors (Lipinski definition) is 0. The first-order valence-corrected chi connectivity index (χ1v) is 7.86. The summed E-state index contributed by atoms with van der Waals surface area (Å²) in [6, 6.07) is 10.3. The molecule has 6 heteroatoms. The molecule has 1 fully saturated rings. The van der Waals surface area contributed by atoms with Crippen LogP contribution in [0.3, 0.4) is 0 Å². The Morgan fingerprint density at radius 1 is 1.35 bits per heavy atom. The van der Waals surface area contributed by atoms with Gasteiger partial charge in [0.25, 0.3) is 0 Å². The Labute approximate surface area is 135 Å². The highest BCUT2D eigenvalue weighted by Gasteiger charge is 2.30. The summed E-state index contributed by atoms with van der Waals surface area (Å²) in [7, 11) is 1.64. The lowest BCUT2D eigenvalue weighted by Gasteiger charge is -2.14. The number of benzene rings is 1. The number of ether oxygens (including phenoxy) is 1. The van der Waals surface area contributed by atoms with Crippen molar-refractivity contribution in [2.75, 3.05) is 20.3 Å². The topological polar surface area (TPSA) is 68.5 Å². The minimum atomic E-state index is 0.155. The first-order chi connectivity index (χ1) is 11.2. The second-order valence-corrected chi connectivity index (χ2v) is 5.88. The number of methoxy groups -OCH3 is 1. The van der Waals surface area contributed by atoms with E-state index in [0.717, 1.165) is 13.0 Å². The molecule has 23 heavy (non-hydrogen) atoms. The van der Waals surface area contributed by atoms with Crippen LogP contribution >= 0.6 is 0 Å². The summed E-state index contributed by atoms with van der Waals surface area (Å²) in [6.07, 6.45) is 2.12. The molecule has 122 valence electrons. The number of carbonyl (C=O) groups is 1. The molecule has 0 saturated carbocycles. The summed E-state index contributed by atoms with van der Waals surface area (Å²) in [5, 5.41) is 3.90. The fourth-order valence-electron chi connectivity index (χ4n) is 2.90. The first-order valence-electron chi connectivity index (χ1n) is 7.86. The van der Waals surface area contributed by atoms with Crippen LogP contribution in [0.5, 0.6) is 0 Å². The normalized spacial score (nSPS) is 17.9. The van der Waals surface area contributed by atoms with Gasteiger partial charge in [0, 0.05) is 26.5 Å². The Bertz CT molecular complexity index is 642. The van der Waals surface area contributed by atoms with Crippen LogP contribution in [-0.2, 0) is 28.9 Å². The second kappa shape index (κ2) is 7.37. The molecule has 6 nitrogen and oxygen atoms in total. The summed E-state index contributed by atoms with van der Waals surface area (Å²) in [4.78, 5) is 18.3. The molecule has 0 N–H and O–H groups in total. The molecule has 1 aliphatic heterocycles. The van der Waals surface area contributed by atoms with Crippen LogP contribution in [0.25, 0.3) is 0 Å². The summed E-state index contributed by atoms with van der Waals surface area (Å²) in [5.41, 5.74) is 1.27. The number of rotatable bonds is 7. The van der Waals surface area contributed by atoms with E-state index in [9.17, 15) is 4.79 Å². The summed E-state index contributed by atoms with van der Waals surface area (Å²) in [5.74, 6) is 1.61. The minimum absolute atomic E-state index is 0.155. The highest BCUT2D eigenvalue weighted by atomic mass is 16.5. The molecule has 3 rings (SSSR count). The fraction of sp³-hybridized carbons (Fsp3) is 0.471. The highest BCUT2D eigenvalue weighted by Crippen LogP contribution is 2.23. The van der Waals surface area contributed by atoms with Gasteiger partial charge in [0.1, 0.15) is 0 Å². The van der Waals surface area contributed by atoms with Crippen molar-refractivity contribution in [3.8, 4) is 0 Å². The van der Waals surface area contributed by atoms with Crippen molar-refractivity contribution < 1.29 is 14.1 Å². The van der Waals surface area contributed by atoms with Crippen molar-refractivity contribution in [2.24, 2.45) is 5.92 Å². The van der Waals surface area contributed by atoms with E-state index < -0.39 is 0 Å². The van der Waals surface area contributed by atoms with Gasteiger partial charge in [-0.1, -0.05) is 35.5 Å². The van der Waals surface area contributed by atoms with E-state index in [0.29, 0.717) is 43.6 Å². The zero-order chi connectivity index (χ0) is 16.1. The third-order valence-electron chi connectivity index (χ3n) is 4.03. The van der Waals surface area contributed by atoms with Crippen molar-refractivity contribution in [1.82, 2.24) is 15.0 Å². The monoisotopic (exact) mass is 315 g/mol. The number of nitrogens with zero attached hydrogens (tertiary/aromatic N) is 3. The van der Waals surface area contributed by atoms with Gasteiger partial charge in [-0.25, -0.2) is 0 Å². The largest absolute Gasteiger partial charge is 0.384 e. The van der Waals surface area contributed by atoms with Crippen molar-refractivity contribution in [2.45, 2.75) is 25.8 Å². The van der Waals surface area contributed by atoms with E-state index in [4.69, 9.17) is 9.26 Å². The average Bonchev–Trinajstić information content (AvgIpc) is 3.14. The van der Waals surface area contributed by atoms with E-state index in [-0.39, 0.29) is 5.91 Å². The Morgan fingerprint density at radius 2 is 2.17 bits per heavy atom.